The van der Waals surface area contributed by atoms with Crippen molar-refractivity contribution in [1.82, 2.24) is 25.4 Å². The van der Waals surface area contributed by atoms with Crippen LogP contribution in [0.2, 0.25) is 0 Å². The van der Waals surface area contributed by atoms with E-state index in [1.54, 1.807) is 6.92 Å². The molecule has 1 fully saturated rings. The van der Waals surface area contributed by atoms with E-state index in [9.17, 15) is 14.4 Å². The molecule has 1 aliphatic heterocycles. The Labute approximate surface area is 166 Å². The van der Waals surface area contributed by atoms with Crippen molar-refractivity contribution in [3.63, 3.8) is 0 Å². The van der Waals surface area contributed by atoms with Crippen LogP contribution in [-0.4, -0.2) is 44.7 Å². The van der Waals surface area contributed by atoms with E-state index in [0.717, 1.165) is 30.2 Å². The third kappa shape index (κ3) is 5.46. The maximum Gasteiger partial charge on any atom is 0.344 e. The molecule has 1 aromatic carbocycles. The number of carbonyl (C=O) groups excluding carboxylic acids is 2. The summed E-state index contributed by atoms with van der Waals surface area (Å²) in [7, 11) is 0. The zero-order valence-electron chi connectivity index (χ0n) is 15.5. The van der Waals surface area contributed by atoms with E-state index < -0.39 is 17.2 Å². The average molecular weight is 405 g/mol. The van der Waals surface area contributed by atoms with E-state index in [2.05, 4.69) is 20.8 Å². The van der Waals surface area contributed by atoms with Gasteiger partial charge < -0.3 is 10.1 Å². The van der Waals surface area contributed by atoms with Crippen molar-refractivity contribution in [3.8, 4) is 0 Å². The van der Waals surface area contributed by atoms with Gasteiger partial charge in [-0.1, -0.05) is 42.1 Å². The number of rotatable bonds is 7. The van der Waals surface area contributed by atoms with Gasteiger partial charge in [0.2, 0.25) is 5.91 Å². The van der Waals surface area contributed by atoms with Gasteiger partial charge in [-0.3, -0.25) is 14.7 Å². The van der Waals surface area contributed by atoms with E-state index >= 15 is 0 Å². The van der Waals surface area contributed by atoms with Crippen molar-refractivity contribution in [2.45, 2.75) is 49.4 Å². The lowest BCUT2D eigenvalue weighted by molar-refractivity contribution is -0.119. The van der Waals surface area contributed by atoms with E-state index in [4.69, 9.17) is 4.74 Å². The molecule has 3 N–H and O–H groups in total. The molecule has 3 rings (SSSR count). The summed E-state index contributed by atoms with van der Waals surface area (Å²) in [4.78, 5) is 36.2. The molecule has 3 amide bonds. The Morgan fingerprint density at radius 1 is 1.39 bits per heavy atom. The van der Waals surface area contributed by atoms with Crippen LogP contribution in [0.3, 0.4) is 0 Å². The number of urea groups is 1. The number of H-pyrrole nitrogens is 1. The lowest BCUT2D eigenvalue weighted by Crippen LogP contribution is -2.42. The topological polar surface area (TPSA) is 118 Å². The molecular weight excluding hydrogens is 382 g/mol. The Morgan fingerprint density at radius 2 is 2.18 bits per heavy atom. The van der Waals surface area contributed by atoms with E-state index in [1.807, 2.05) is 30.3 Å². The minimum absolute atomic E-state index is 0.0254. The highest BCUT2D eigenvalue weighted by Crippen LogP contribution is 2.22. The molecule has 0 aliphatic carbocycles. The van der Waals surface area contributed by atoms with E-state index in [1.165, 1.54) is 4.57 Å². The normalized spacial score (nSPS) is 17.2. The molecule has 150 valence electrons. The number of thioether (sulfide) groups is 1. The number of aromatic nitrogens is 3. The van der Waals surface area contributed by atoms with Crippen LogP contribution >= 0.6 is 11.8 Å². The average Bonchev–Trinajstić information content (AvgIpc) is 3.32. The molecule has 1 aliphatic rings. The van der Waals surface area contributed by atoms with Crippen molar-refractivity contribution in [1.29, 1.82) is 0 Å². The lowest BCUT2D eigenvalue weighted by atomic mass is 10.2. The first-order valence-electron chi connectivity index (χ1n) is 9.09. The fourth-order valence-corrected chi connectivity index (χ4v) is 3.66. The molecule has 0 unspecified atom stereocenters. The highest BCUT2D eigenvalue weighted by atomic mass is 32.2. The second kappa shape index (κ2) is 9.56. The summed E-state index contributed by atoms with van der Waals surface area (Å²) in [6, 6.07) is 8.83. The Morgan fingerprint density at radius 3 is 2.89 bits per heavy atom. The Balaban J connectivity index is 1.51. The smallest absolute Gasteiger partial charge is 0.344 e. The van der Waals surface area contributed by atoms with Crippen LogP contribution in [0.5, 0.6) is 0 Å². The molecule has 10 heteroatoms. The third-order valence-corrected chi connectivity index (χ3v) is 5.41. The first-order chi connectivity index (χ1) is 13.5. The first kappa shape index (κ1) is 20.2. The van der Waals surface area contributed by atoms with Crippen LogP contribution in [0.25, 0.3) is 0 Å². The van der Waals surface area contributed by atoms with Crippen LogP contribution < -0.4 is 16.3 Å². The molecule has 0 spiro atoms. The number of benzene rings is 1. The molecule has 2 heterocycles. The van der Waals surface area contributed by atoms with Gasteiger partial charge in [0.15, 0.2) is 5.16 Å². The number of amides is 3. The highest BCUT2D eigenvalue weighted by Gasteiger charge is 2.23. The minimum Gasteiger partial charge on any atom is -0.376 e. The number of nitrogens with zero attached hydrogens (tertiary/aromatic N) is 2. The Bertz CT molecular complexity index is 860. The summed E-state index contributed by atoms with van der Waals surface area (Å²) in [5.41, 5.74) is 0.591. The third-order valence-electron chi connectivity index (χ3n) is 4.32. The van der Waals surface area contributed by atoms with Crippen LogP contribution in [0.4, 0.5) is 4.79 Å². The Kier molecular flexibility index (Phi) is 6.88. The molecule has 28 heavy (non-hydrogen) atoms. The second-order valence-electron chi connectivity index (χ2n) is 6.47. The standard InChI is InChI=1S/C18H23N5O4S/c1-12(15(24)20-16(25)19-10-13-6-3-2-4-7-13)28-18-22-21-17(26)23(18)11-14-8-5-9-27-14/h2-4,6-7,12,14H,5,8-11H2,1H3,(H,21,26)(H2,19,20,24,25)/t12-,14-/m0/s1. The largest absolute Gasteiger partial charge is 0.376 e. The van der Waals surface area contributed by atoms with Crippen molar-refractivity contribution in [2.75, 3.05) is 6.61 Å². The molecule has 0 radical (unpaired) electrons. The summed E-state index contributed by atoms with van der Waals surface area (Å²) >= 11 is 1.11. The molecule has 1 aromatic heterocycles. The number of aromatic amines is 1. The predicted molar refractivity (Wildman–Crippen MR) is 104 cm³/mol. The zero-order valence-corrected chi connectivity index (χ0v) is 16.3. The quantitative estimate of drug-likeness (QED) is 0.597. The van der Waals surface area contributed by atoms with Gasteiger partial charge in [0.05, 0.1) is 17.9 Å². The summed E-state index contributed by atoms with van der Waals surface area (Å²) in [5.74, 6) is -0.463. The lowest BCUT2D eigenvalue weighted by Gasteiger charge is -2.14. The molecule has 0 saturated carbocycles. The number of imide groups is 1. The van der Waals surface area contributed by atoms with Crippen molar-refractivity contribution in [3.05, 3.63) is 46.4 Å². The van der Waals surface area contributed by atoms with Gasteiger partial charge in [-0.15, -0.1) is 5.10 Å². The van der Waals surface area contributed by atoms with Gasteiger partial charge in [0, 0.05) is 13.2 Å². The molecule has 1 saturated heterocycles. The van der Waals surface area contributed by atoms with Crippen LogP contribution in [0.1, 0.15) is 25.3 Å². The fourth-order valence-electron chi connectivity index (χ4n) is 2.79. The van der Waals surface area contributed by atoms with E-state index in [-0.39, 0.29) is 11.8 Å². The number of nitrogens with one attached hydrogen (secondary N) is 3. The van der Waals surface area contributed by atoms with Crippen LogP contribution in [-0.2, 0) is 22.6 Å². The zero-order chi connectivity index (χ0) is 19.9. The van der Waals surface area contributed by atoms with Gasteiger partial charge in [-0.2, -0.15) is 0 Å². The fraction of sp³-hybridized carbons (Fsp3) is 0.444. The van der Waals surface area contributed by atoms with Crippen molar-refractivity contribution < 1.29 is 14.3 Å². The summed E-state index contributed by atoms with van der Waals surface area (Å²) in [6.45, 7) is 3.06. The number of ether oxygens (including phenoxy) is 1. The van der Waals surface area contributed by atoms with Crippen LogP contribution in [0, 0.1) is 0 Å². The summed E-state index contributed by atoms with van der Waals surface area (Å²) in [6.07, 6.45) is 1.83. The van der Waals surface area contributed by atoms with Gasteiger partial charge in [0.1, 0.15) is 0 Å². The SMILES string of the molecule is C[C@H](Sc1n[nH]c(=O)n1C[C@@H]1CCCO1)C(=O)NC(=O)NCc1ccccc1. The van der Waals surface area contributed by atoms with Crippen molar-refractivity contribution in [2.24, 2.45) is 0 Å². The summed E-state index contributed by atoms with van der Waals surface area (Å²) in [5, 5.41) is 11.1. The maximum absolute atomic E-state index is 12.3. The number of carbonyl (C=O) groups is 2. The van der Waals surface area contributed by atoms with Gasteiger partial charge in [-0.25, -0.2) is 14.7 Å². The predicted octanol–water partition coefficient (Wildman–Crippen LogP) is 1.26. The van der Waals surface area contributed by atoms with Crippen LogP contribution in [0.15, 0.2) is 40.3 Å². The van der Waals surface area contributed by atoms with Gasteiger partial charge in [-0.05, 0) is 25.3 Å². The number of hydrogen-bond donors (Lipinski definition) is 3. The summed E-state index contributed by atoms with van der Waals surface area (Å²) < 4.78 is 7.03. The number of hydrogen-bond acceptors (Lipinski definition) is 6. The second-order valence-corrected chi connectivity index (χ2v) is 7.78. The molecule has 2 atom stereocenters. The molecular formula is C18H23N5O4S. The minimum atomic E-state index is -0.610. The molecule has 0 bridgehead atoms. The van der Waals surface area contributed by atoms with Crippen molar-refractivity contribution >= 4 is 23.7 Å². The van der Waals surface area contributed by atoms with Gasteiger partial charge in [0.25, 0.3) is 0 Å². The molecule has 2 aromatic rings. The first-order valence-corrected chi connectivity index (χ1v) is 9.97. The maximum atomic E-state index is 12.3. The highest BCUT2D eigenvalue weighted by molar-refractivity contribution is 8.00. The monoisotopic (exact) mass is 405 g/mol. The Hall–Kier alpha value is -2.59. The molecule has 9 nitrogen and oxygen atoms in total. The van der Waals surface area contributed by atoms with Gasteiger partial charge >= 0.3 is 11.7 Å². The van der Waals surface area contributed by atoms with E-state index in [0.29, 0.717) is 24.9 Å².